The minimum Gasteiger partial charge on any atom is -0.493 e. The Labute approximate surface area is 228 Å². The van der Waals surface area contributed by atoms with Crippen LogP contribution in [-0.4, -0.2) is 45.7 Å². The number of aromatic nitrogens is 2. The van der Waals surface area contributed by atoms with Gasteiger partial charge in [0.05, 0.1) is 24.8 Å². The van der Waals surface area contributed by atoms with E-state index in [4.69, 9.17) is 26.8 Å². The highest BCUT2D eigenvalue weighted by molar-refractivity contribution is 8.26. The number of hydrogen-bond donors (Lipinski definition) is 0. The summed E-state index contributed by atoms with van der Waals surface area (Å²) in [6.45, 7) is 5.05. The van der Waals surface area contributed by atoms with Gasteiger partial charge in [-0.25, -0.2) is 4.68 Å². The fourth-order valence-corrected chi connectivity index (χ4v) is 5.65. The largest absolute Gasteiger partial charge is 0.493 e. The summed E-state index contributed by atoms with van der Waals surface area (Å²) < 4.78 is 13.4. The molecular formula is C29H33N3O3S2. The number of methoxy groups -OCH3 is 2. The molecule has 0 saturated carbocycles. The highest BCUT2D eigenvalue weighted by Crippen LogP contribution is 2.37. The van der Waals surface area contributed by atoms with Crippen LogP contribution in [0.2, 0.25) is 0 Å². The van der Waals surface area contributed by atoms with E-state index in [2.05, 4.69) is 13.8 Å². The van der Waals surface area contributed by atoms with Crippen molar-refractivity contribution in [3.05, 3.63) is 65.2 Å². The Morgan fingerprint density at radius 2 is 1.84 bits per heavy atom. The van der Waals surface area contributed by atoms with Crippen LogP contribution in [0, 0.1) is 5.92 Å². The molecular weight excluding hydrogens is 502 g/mol. The second-order valence-electron chi connectivity index (χ2n) is 8.99. The molecule has 1 amide bonds. The maximum atomic E-state index is 13.4. The molecule has 1 aromatic heterocycles. The smallest absolute Gasteiger partial charge is 0.266 e. The van der Waals surface area contributed by atoms with Gasteiger partial charge < -0.3 is 9.47 Å². The minimum atomic E-state index is -0.0318. The van der Waals surface area contributed by atoms with Crippen LogP contribution in [0.25, 0.3) is 23.0 Å². The first-order valence-electron chi connectivity index (χ1n) is 12.6. The summed E-state index contributed by atoms with van der Waals surface area (Å²) in [7, 11) is 3.22. The Hall–Kier alpha value is -3.10. The molecule has 6 nitrogen and oxygen atoms in total. The molecule has 0 N–H and O–H groups in total. The Kier molecular flexibility index (Phi) is 9.05. The fraction of sp³-hybridized carbons (Fsp3) is 0.345. The van der Waals surface area contributed by atoms with Crippen molar-refractivity contribution >= 4 is 40.3 Å². The number of thiocarbonyl (C=S) groups is 1. The fourth-order valence-electron chi connectivity index (χ4n) is 4.39. The number of para-hydroxylation sites is 1. The van der Waals surface area contributed by atoms with E-state index in [0.29, 0.717) is 33.2 Å². The Balaban J connectivity index is 1.72. The van der Waals surface area contributed by atoms with Gasteiger partial charge in [0.1, 0.15) is 10.0 Å². The zero-order chi connectivity index (χ0) is 26.4. The number of carbonyl (C=O) groups is 1. The van der Waals surface area contributed by atoms with Gasteiger partial charge in [-0.2, -0.15) is 5.10 Å². The quantitative estimate of drug-likeness (QED) is 0.195. The predicted molar refractivity (Wildman–Crippen MR) is 155 cm³/mol. The van der Waals surface area contributed by atoms with Gasteiger partial charge in [-0.3, -0.25) is 9.69 Å². The van der Waals surface area contributed by atoms with Gasteiger partial charge in [-0.15, -0.1) is 0 Å². The number of unbranched alkanes of at least 4 members (excludes halogenated alkanes) is 1. The Morgan fingerprint density at radius 3 is 2.51 bits per heavy atom. The van der Waals surface area contributed by atoms with Crippen LogP contribution in [0.1, 0.15) is 45.1 Å². The Morgan fingerprint density at radius 1 is 1.08 bits per heavy atom. The number of hydrogen-bond acceptors (Lipinski definition) is 6. The van der Waals surface area contributed by atoms with Crippen molar-refractivity contribution < 1.29 is 14.3 Å². The van der Waals surface area contributed by atoms with Crippen molar-refractivity contribution in [2.75, 3.05) is 20.8 Å². The molecule has 1 aliphatic rings. The lowest BCUT2D eigenvalue weighted by atomic mass is 9.99. The van der Waals surface area contributed by atoms with Crippen molar-refractivity contribution in [2.45, 2.75) is 39.5 Å². The first-order valence-corrected chi connectivity index (χ1v) is 13.8. The lowest BCUT2D eigenvalue weighted by Crippen LogP contribution is -2.33. The third-order valence-electron chi connectivity index (χ3n) is 6.56. The highest BCUT2D eigenvalue weighted by atomic mass is 32.2. The first kappa shape index (κ1) is 26.9. The molecule has 1 saturated heterocycles. The number of carbonyl (C=O) groups excluding carboxylic acids is 1. The molecule has 37 heavy (non-hydrogen) atoms. The molecule has 0 radical (unpaired) electrons. The average Bonchev–Trinajstić information content (AvgIpc) is 3.47. The Bertz CT molecular complexity index is 1290. The van der Waals surface area contributed by atoms with E-state index in [1.54, 1.807) is 19.1 Å². The minimum absolute atomic E-state index is 0.0318. The van der Waals surface area contributed by atoms with Crippen molar-refractivity contribution in [3.63, 3.8) is 0 Å². The number of benzene rings is 2. The molecule has 1 aliphatic heterocycles. The zero-order valence-electron chi connectivity index (χ0n) is 21.8. The standard InChI is InChI=1S/C29H33N3O3S2/c1-5-7-11-20(6-2)18-31-28(33)26(37-29(31)36)17-22-19-32(23-12-9-8-10-13-23)30-27(22)21-14-15-24(34-3)25(16-21)35-4/h8-10,12-17,19-20H,5-7,11,18H2,1-4H3/b26-17-/t20-/m0/s1. The molecule has 0 bridgehead atoms. The molecule has 0 aliphatic carbocycles. The van der Waals surface area contributed by atoms with Crippen LogP contribution in [0.5, 0.6) is 11.5 Å². The summed E-state index contributed by atoms with van der Waals surface area (Å²) in [5, 5.41) is 4.89. The van der Waals surface area contributed by atoms with Crippen molar-refractivity contribution in [1.29, 1.82) is 0 Å². The van der Waals surface area contributed by atoms with Gasteiger partial charge in [0, 0.05) is 23.9 Å². The van der Waals surface area contributed by atoms with Gasteiger partial charge in [0.2, 0.25) is 0 Å². The van der Waals surface area contributed by atoms with E-state index in [1.807, 2.05) is 65.5 Å². The van der Waals surface area contributed by atoms with Crippen LogP contribution in [0.4, 0.5) is 0 Å². The molecule has 0 unspecified atom stereocenters. The van der Waals surface area contributed by atoms with E-state index in [9.17, 15) is 4.79 Å². The van der Waals surface area contributed by atoms with E-state index in [1.165, 1.54) is 11.8 Å². The van der Waals surface area contributed by atoms with Gasteiger partial charge in [-0.1, -0.05) is 75.3 Å². The maximum Gasteiger partial charge on any atom is 0.266 e. The lowest BCUT2D eigenvalue weighted by Gasteiger charge is -2.21. The third-order valence-corrected chi connectivity index (χ3v) is 7.94. The summed E-state index contributed by atoms with van der Waals surface area (Å²) in [4.78, 5) is 15.8. The normalized spacial score (nSPS) is 15.5. The molecule has 8 heteroatoms. The van der Waals surface area contributed by atoms with E-state index < -0.39 is 0 Å². The molecule has 1 atom stereocenters. The van der Waals surface area contributed by atoms with Crippen molar-refractivity contribution in [2.24, 2.45) is 5.92 Å². The van der Waals surface area contributed by atoms with Crippen LogP contribution in [-0.2, 0) is 4.79 Å². The third kappa shape index (κ3) is 6.08. The number of ether oxygens (including phenoxy) is 2. The molecule has 0 spiro atoms. The molecule has 194 valence electrons. The summed E-state index contributed by atoms with van der Waals surface area (Å²) in [6.07, 6.45) is 8.31. The van der Waals surface area contributed by atoms with E-state index in [-0.39, 0.29) is 5.91 Å². The topological polar surface area (TPSA) is 56.6 Å². The van der Waals surface area contributed by atoms with Crippen molar-refractivity contribution in [1.82, 2.24) is 14.7 Å². The van der Waals surface area contributed by atoms with Gasteiger partial charge >= 0.3 is 0 Å². The number of amides is 1. The van der Waals surface area contributed by atoms with Crippen molar-refractivity contribution in [3.8, 4) is 28.4 Å². The predicted octanol–water partition coefficient (Wildman–Crippen LogP) is 6.97. The molecule has 2 heterocycles. The maximum absolute atomic E-state index is 13.4. The van der Waals surface area contributed by atoms with Gasteiger partial charge in [0.25, 0.3) is 5.91 Å². The molecule has 1 fully saturated rings. The lowest BCUT2D eigenvalue weighted by molar-refractivity contribution is -0.122. The van der Waals surface area contributed by atoms with Crippen LogP contribution in [0.15, 0.2) is 59.6 Å². The van der Waals surface area contributed by atoms with Crippen LogP contribution in [0.3, 0.4) is 0 Å². The zero-order valence-corrected chi connectivity index (χ0v) is 23.4. The monoisotopic (exact) mass is 535 g/mol. The molecule has 2 aromatic carbocycles. The van der Waals surface area contributed by atoms with Crippen LogP contribution < -0.4 is 9.47 Å². The molecule has 3 aromatic rings. The van der Waals surface area contributed by atoms with Gasteiger partial charge in [0.15, 0.2) is 11.5 Å². The van der Waals surface area contributed by atoms with Crippen LogP contribution >= 0.6 is 24.0 Å². The van der Waals surface area contributed by atoms with E-state index >= 15 is 0 Å². The molecule has 4 rings (SSSR count). The SMILES string of the molecule is CCCC[C@H](CC)CN1C(=O)/C(=C/c2cn(-c3ccccc3)nc2-c2ccc(OC)c(OC)c2)SC1=S. The second-order valence-corrected chi connectivity index (χ2v) is 10.7. The summed E-state index contributed by atoms with van der Waals surface area (Å²) in [5.74, 6) is 1.68. The summed E-state index contributed by atoms with van der Waals surface area (Å²) in [6, 6.07) is 15.6. The number of thioether (sulfide) groups is 1. The summed E-state index contributed by atoms with van der Waals surface area (Å²) in [5.41, 5.74) is 3.36. The van der Waals surface area contributed by atoms with E-state index in [0.717, 1.165) is 48.2 Å². The summed E-state index contributed by atoms with van der Waals surface area (Å²) >= 11 is 7.00. The number of rotatable bonds is 11. The average molecular weight is 536 g/mol. The highest BCUT2D eigenvalue weighted by Gasteiger charge is 2.33. The number of nitrogens with zero attached hydrogens (tertiary/aromatic N) is 3. The second kappa shape index (κ2) is 12.4. The first-order chi connectivity index (χ1) is 18.0. The van der Waals surface area contributed by atoms with Gasteiger partial charge in [-0.05, 0) is 48.7 Å².